The molecule has 0 aliphatic heterocycles. The summed E-state index contributed by atoms with van der Waals surface area (Å²) in [6.07, 6.45) is 0.877. The molecule has 4 N–H and O–H groups in total. The first-order valence-corrected chi connectivity index (χ1v) is 14.2. The van der Waals surface area contributed by atoms with Crippen molar-refractivity contribution in [2.45, 2.75) is 32.2 Å². The number of carbonyl (C=O) groups excluding carboxylic acids is 2. The monoisotopic (exact) mass is 640 g/mol. The van der Waals surface area contributed by atoms with E-state index in [1.807, 2.05) is 49.4 Å². The first-order valence-electron chi connectivity index (χ1n) is 13.4. The number of halogens is 1. The smallest absolute Gasteiger partial charge is 0.245 e. The number of hydrogen-bond acceptors (Lipinski definition) is 7. The molecule has 0 radical (unpaired) electrons. The third kappa shape index (κ3) is 9.41. The van der Waals surface area contributed by atoms with Crippen molar-refractivity contribution >= 4 is 33.7 Å². The van der Waals surface area contributed by atoms with E-state index in [2.05, 4.69) is 31.6 Å². The maximum absolute atomic E-state index is 13.2. The Labute approximate surface area is 254 Å². The number of aliphatic imine (C=N–C) groups is 1. The molecule has 0 aliphatic carbocycles. The topological polar surface area (TPSA) is 134 Å². The Balaban J connectivity index is 1.68. The standard InChI is InChI=1S/C31H37BrN4O6/c1-5-42-28-16-21(11-12-25(28)39-2)17-29(37)36-31(33)35-24(15-20-9-7-6-8-10-20)30(38)34-14-13-22-18-26(40-3)27(41-4)19-23(22)32/h6-12,16,18-19,24H,5,13-15,17H2,1-4H3,(H,34,38)(H3,33,35,36,37). The van der Waals surface area contributed by atoms with Crippen molar-refractivity contribution < 1.29 is 28.5 Å². The highest BCUT2D eigenvalue weighted by Crippen LogP contribution is 2.33. The van der Waals surface area contributed by atoms with Crippen LogP contribution in [-0.2, 0) is 28.9 Å². The number of methoxy groups -OCH3 is 3. The highest BCUT2D eigenvalue weighted by Gasteiger charge is 2.20. The number of rotatable bonds is 14. The first kappa shape index (κ1) is 32.3. The highest BCUT2D eigenvalue weighted by molar-refractivity contribution is 9.10. The van der Waals surface area contributed by atoms with Crippen LogP contribution in [0.2, 0.25) is 0 Å². The van der Waals surface area contributed by atoms with E-state index < -0.39 is 6.04 Å². The van der Waals surface area contributed by atoms with Crippen LogP contribution in [0.4, 0.5) is 0 Å². The zero-order valence-corrected chi connectivity index (χ0v) is 25.8. The number of amides is 2. The molecule has 0 fully saturated rings. The van der Waals surface area contributed by atoms with Gasteiger partial charge in [-0.25, -0.2) is 4.99 Å². The molecule has 10 nitrogen and oxygen atoms in total. The molecule has 1 unspecified atom stereocenters. The van der Waals surface area contributed by atoms with Crippen LogP contribution in [0.1, 0.15) is 23.6 Å². The number of nitrogens with two attached hydrogens (primary N) is 1. The minimum atomic E-state index is -0.855. The summed E-state index contributed by atoms with van der Waals surface area (Å²) in [6.45, 7) is 2.68. The van der Waals surface area contributed by atoms with E-state index in [1.54, 1.807) is 39.5 Å². The largest absolute Gasteiger partial charge is 0.493 e. The summed E-state index contributed by atoms with van der Waals surface area (Å²) in [6, 6.07) is 17.6. The molecule has 224 valence electrons. The van der Waals surface area contributed by atoms with Gasteiger partial charge in [0.15, 0.2) is 29.0 Å². The summed E-state index contributed by atoms with van der Waals surface area (Å²) in [7, 11) is 4.70. The number of ether oxygens (including phenoxy) is 4. The molecule has 3 rings (SSSR count). The zero-order chi connectivity index (χ0) is 30.5. The third-order valence-corrected chi connectivity index (χ3v) is 7.01. The number of hydrogen-bond donors (Lipinski definition) is 3. The number of carbonyl (C=O) groups is 2. The molecular weight excluding hydrogens is 604 g/mol. The van der Waals surface area contributed by atoms with Crippen LogP contribution in [0.5, 0.6) is 23.0 Å². The molecule has 11 heteroatoms. The van der Waals surface area contributed by atoms with E-state index >= 15 is 0 Å². The summed E-state index contributed by atoms with van der Waals surface area (Å²) in [4.78, 5) is 30.4. The van der Waals surface area contributed by atoms with Crippen LogP contribution in [0.25, 0.3) is 0 Å². The number of guanidine groups is 1. The SMILES string of the molecule is CCOc1cc(CC(=O)NC(N)=NC(Cc2ccccc2)C(=O)NCCc2cc(OC)c(OC)cc2Br)ccc1OC. The Morgan fingerprint density at radius 2 is 1.60 bits per heavy atom. The van der Waals surface area contributed by atoms with Crippen molar-refractivity contribution in [2.24, 2.45) is 10.7 Å². The third-order valence-electron chi connectivity index (χ3n) is 6.28. The van der Waals surface area contributed by atoms with Crippen LogP contribution < -0.4 is 35.3 Å². The van der Waals surface area contributed by atoms with Gasteiger partial charge in [-0.1, -0.05) is 52.3 Å². The van der Waals surface area contributed by atoms with Crippen LogP contribution in [0.15, 0.2) is 70.1 Å². The van der Waals surface area contributed by atoms with Crippen molar-refractivity contribution in [1.82, 2.24) is 10.6 Å². The lowest BCUT2D eigenvalue weighted by molar-refractivity contribution is -0.122. The zero-order valence-electron chi connectivity index (χ0n) is 24.2. The molecule has 0 saturated carbocycles. The van der Waals surface area contributed by atoms with Crippen LogP contribution in [-0.4, -0.2) is 58.3 Å². The fraction of sp³-hybridized carbons (Fsp3) is 0.323. The predicted molar refractivity (Wildman–Crippen MR) is 166 cm³/mol. The lowest BCUT2D eigenvalue weighted by Crippen LogP contribution is -2.42. The van der Waals surface area contributed by atoms with E-state index in [0.29, 0.717) is 54.6 Å². The van der Waals surface area contributed by atoms with E-state index in [0.717, 1.165) is 15.6 Å². The maximum Gasteiger partial charge on any atom is 0.245 e. The fourth-order valence-corrected chi connectivity index (χ4v) is 4.75. The first-order chi connectivity index (χ1) is 20.3. The predicted octanol–water partition coefficient (Wildman–Crippen LogP) is 3.82. The average molecular weight is 642 g/mol. The Kier molecular flexibility index (Phi) is 12.5. The fourth-order valence-electron chi connectivity index (χ4n) is 4.23. The molecule has 42 heavy (non-hydrogen) atoms. The Hall–Kier alpha value is -4.25. The van der Waals surface area contributed by atoms with Crippen molar-refractivity contribution in [3.8, 4) is 23.0 Å². The normalized spacial score (nSPS) is 11.8. The highest BCUT2D eigenvalue weighted by atomic mass is 79.9. The van der Waals surface area contributed by atoms with Crippen molar-refractivity contribution in [2.75, 3.05) is 34.5 Å². The average Bonchev–Trinajstić information content (AvgIpc) is 2.98. The van der Waals surface area contributed by atoms with Gasteiger partial charge in [0.2, 0.25) is 11.8 Å². The van der Waals surface area contributed by atoms with Crippen molar-refractivity contribution in [1.29, 1.82) is 0 Å². The van der Waals surface area contributed by atoms with E-state index in [9.17, 15) is 9.59 Å². The van der Waals surface area contributed by atoms with Gasteiger partial charge in [0.1, 0.15) is 6.04 Å². The molecule has 0 spiro atoms. The van der Waals surface area contributed by atoms with E-state index in [1.165, 1.54) is 0 Å². The van der Waals surface area contributed by atoms with Gasteiger partial charge in [-0.05, 0) is 54.3 Å². The molecule has 1 atom stereocenters. The number of benzene rings is 3. The van der Waals surface area contributed by atoms with Gasteiger partial charge in [-0.2, -0.15) is 0 Å². The lowest BCUT2D eigenvalue weighted by atomic mass is 10.1. The second kappa shape index (κ2) is 16.3. The van der Waals surface area contributed by atoms with Crippen LogP contribution >= 0.6 is 15.9 Å². The Morgan fingerprint density at radius 3 is 2.26 bits per heavy atom. The van der Waals surface area contributed by atoms with Crippen LogP contribution in [0.3, 0.4) is 0 Å². The van der Waals surface area contributed by atoms with Crippen LogP contribution in [0, 0.1) is 0 Å². The molecule has 0 aromatic heterocycles. The second-order valence-electron chi connectivity index (χ2n) is 9.20. The second-order valence-corrected chi connectivity index (χ2v) is 10.1. The summed E-state index contributed by atoms with van der Waals surface area (Å²) >= 11 is 3.55. The molecular formula is C31H37BrN4O6. The molecule has 2 amide bonds. The molecule has 3 aromatic rings. The summed E-state index contributed by atoms with van der Waals surface area (Å²) in [5, 5.41) is 5.54. The number of nitrogens with zero attached hydrogens (tertiary/aromatic N) is 1. The molecule has 3 aromatic carbocycles. The molecule has 0 heterocycles. The van der Waals surface area contributed by atoms with Gasteiger partial charge in [0.25, 0.3) is 0 Å². The summed E-state index contributed by atoms with van der Waals surface area (Å²) in [5.41, 5.74) is 8.66. The van der Waals surface area contributed by atoms with Gasteiger partial charge in [0, 0.05) is 17.4 Å². The molecule has 0 bridgehead atoms. The maximum atomic E-state index is 13.2. The minimum absolute atomic E-state index is 0.0377. The lowest BCUT2D eigenvalue weighted by Gasteiger charge is -2.16. The quantitative estimate of drug-likeness (QED) is 0.180. The minimum Gasteiger partial charge on any atom is -0.493 e. The van der Waals surface area contributed by atoms with Crippen molar-refractivity contribution in [3.63, 3.8) is 0 Å². The van der Waals surface area contributed by atoms with Gasteiger partial charge < -0.3 is 30.0 Å². The van der Waals surface area contributed by atoms with Gasteiger partial charge in [-0.15, -0.1) is 0 Å². The summed E-state index contributed by atoms with van der Waals surface area (Å²) in [5.74, 6) is 1.50. The van der Waals surface area contributed by atoms with E-state index in [-0.39, 0.29) is 24.2 Å². The number of nitrogens with one attached hydrogen (secondary N) is 2. The Morgan fingerprint density at radius 1 is 0.905 bits per heavy atom. The molecule has 0 saturated heterocycles. The van der Waals surface area contributed by atoms with Gasteiger partial charge in [-0.3, -0.25) is 14.9 Å². The molecule has 0 aliphatic rings. The van der Waals surface area contributed by atoms with Crippen molar-refractivity contribution in [3.05, 3.63) is 81.8 Å². The summed E-state index contributed by atoms with van der Waals surface area (Å²) < 4.78 is 22.5. The van der Waals surface area contributed by atoms with Gasteiger partial charge >= 0.3 is 0 Å². The van der Waals surface area contributed by atoms with Gasteiger partial charge in [0.05, 0.1) is 34.4 Å². The Bertz CT molecular complexity index is 1380. The van der Waals surface area contributed by atoms with E-state index in [4.69, 9.17) is 24.7 Å².